The van der Waals surface area contributed by atoms with Gasteiger partial charge in [0.05, 0.1) is 6.04 Å². The number of nitrogens with one attached hydrogen (secondary N) is 1. The number of thiazole rings is 1. The molecule has 2 aromatic rings. The van der Waals surface area contributed by atoms with Gasteiger partial charge < -0.3 is 5.32 Å². The Bertz CT molecular complexity index is 482. The van der Waals surface area contributed by atoms with Crippen molar-refractivity contribution < 1.29 is 4.39 Å². The molecule has 0 aliphatic carbocycles. The first-order valence-corrected chi connectivity index (χ1v) is 6.49. The summed E-state index contributed by atoms with van der Waals surface area (Å²) < 4.78 is 13.9. The summed E-state index contributed by atoms with van der Waals surface area (Å²) in [4.78, 5) is 4.27. The second-order valence-corrected chi connectivity index (χ2v) is 4.81. The number of halogens is 1. The van der Waals surface area contributed by atoms with Crippen molar-refractivity contribution in [1.82, 2.24) is 10.3 Å². The van der Waals surface area contributed by atoms with Gasteiger partial charge in [0.25, 0.3) is 0 Å². The fourth-order valence-electron chi connectivity index (χ4n) is 1.80. The number of rotatable bonds is 4. The van der Waals surface area contributed by atoms with Crippen molar-refractivity contribution in [1.29, 1.82) is 0 Å². The van der Waals surface area contributed by atoms with E-state index in [1.54, 1.807) is 23.6 Å². The molecule has 1 aromatic heterocycles. The third-order valence-electron chi connectivity index (χ3n) is 2.57. The molecule has 0 amide bonds. The lowest BCUT2D eigenvalue weighted by atomic mass is 10.0. The smallest absolute Gasteiger partial charge is 0.128 e. The molecule has 0 aliphatic heterocycles. The van der Waals surface area contributed by atoms with Crippen LogP contribution in [0.5, 0.6) is 0 Å². The van der Waals surface area contributed by atoms with Crippen LogP contribution in [0.3, 0.4) is 0 Å². The molecule has 2 rings (SSSR count). The lowest BCUT2D eigenvalue weighted by Crippen LogP contribution is -2.23. The Kier molecular flexibility index (Phi) is 3.86. The van der Waals surface area contributed by atoms with Crippen LogP contribution in [0.4, 0.5) is 4.39 Å². The van der Waals surface area contributed by atoms with Crippen molar-refractivity contribution in [2.24, 2.45) is 0 Å². The maximum absolute atomic E-state index is 13.9. The summed E-state index contributed by atoms with van der Waals surface area (Å²) in [6, 6.07) is 5.02. The van der Waals surface area contributed by atoms with Crippen LogP contribution in [0.1, 0.15) is 29.1 Å². The van der Waals surface area contributed by atoms with Gasteiger partial charge in [-0.3, -0.25) is 0 Å². The Balaban J connectivity index is 2.42. The number of aryl methyl sites for hydroxylation is 1. The summed E-state index contributed by atoms with van der Waals surface area (Å²) in [5.41, 5.74) is 1.72. The van der Waals surface area contributed by atoms with E-state index in [0.29, 0.717) is 5.56 Å². The summed E-state index contributed by atoms with van der Waals surface area (Å²) in [7, 11) is 0. The minimum atomic E-state index is -0.184. The summed E-state index contributed by atoms with van der Waals surface area (Å²) in [6.07, 6.45) is 1.75. The van der Waals surface area contributed by atoms with Crippen molar-refractivity contribution in [3.05, 3.63) is 51.7 Å². The Morgan fingerprint density at radius 2 is 2.29 bits per heavy atom. The molecule has 1 aromatic carbocycles. The van der Waals surface area contributed by atoms with Gasteiger partial charge in [-0.2, -0.15) is 0 Å². The quantitative estimate of drug-likeness (QED) is 0.900. The molecular formula is C13H15FN2S. The zero-order valence-corrected chi connectivity index (χ0v) is 10.7. The molecule has 0 saturated carbocycles. The predicted octanol–water partition coefficient (Wildman–Crippen LogP) is 3.29. The molecule has 4 heteroatoms. The van der Waals surface area contributed by atoms with Crippen LogP contribution >= 0.6 is 11.3 Å². The van der Waals surface area contributed by atoms with Gasteiger partial charge >= 0.3 is 0 Å². The summed E-state index contributed by atoms with van der Waals surface area (Å²) in [5, 5.41) is 6.09. The van der Waals surface area contributed by atoms with Crippen molar-refractivity contribution in [3.63, 3.8) is 0 Å². The second-order valence-electron chi connectivity index (χ2n) is 3.89. The van der Waals surface area contributed by atoms with E-state index in [1.165, 1.54) is 6.07 Å². The van der Waals surface area contributed by atoms with Crippen molar-refractivity contribution in [2.75, 3.05) is 6.54 Å². The molecular weight excluding hydrogens is 235 g/mol. The molecule has 2 nitrogen and oxygen atoms in total. The van der Waals surface area contributed by atoms with Gasteiger partial charge in [0.1, 0.15) is 10.8 Å². The number of aromatic nitrogens is 1. The molecule has 0 fully saturated rings. The van der Waals surface area contributed by atoms with E-state index in [2.05, 4.69) is 10.3 Å². The van der Waals surface area contributed by atoms with E-state index >= 15 is 0 Å². The molecule has 1 unspecified atom stereocenters. The largest absolute Gasteiger partial charge is 0.304 e. The average Bonchev–Trinajstić information content (AvgIpc) is 2.83. The van der Waals surface area contributed by atoms with E-state index in [1.807, 2.05) is 25.3 Å². The van der Waals surface area contributed by atoms with E-state index in [9.17, 15) is 4.39 Å². The van der Waals surface area contributed by atoms with Crippen LogP contribution in [0.15, 0.2) is 29.8 Å². The highest BCUT2D eigenvalue weighted by Gasteiger charge is 2.19. The number of benzene rings is 1. The molecule has 0 saturated heterocycles. The number of hydrogen-bond donors (Lipinski definition) is 1. The Morgan fingerprint density at radius 3 is 2.94 bits per heavy atom. The van der Waals surface area contributed by atoms with Gasteiger partial charge in [-0.05, 0) is 19.5 Å². The third kappa shape index (κ3) is 2.70. The summed E-state index contributed by atoms with van der Waals surface area (Å²) in [5.74, 6) is -0.184. The minimum Gasteiger partial charge on any atom is -0.304 e. The maximum Gasteiger partial charge on any atom is 0.128 e. The fraction of sp³-hybridized carbons (Fsp3) is 0.308. The van der Waals surface area contributed by atoms with Gasteiger partial charge in [0.2, 0.25) is 0 Å². The first-order valence-electron chi connectivity index (χ1n) is 5.61. The van der Waals surface area contributed by atoms with E-state index in [0.717, 1.165) is 17.1 Å². The van der Waals surface area contributed by atoms with Crippen LogP contribution < -0.4 is 5.32 Å². The zero-order valence-electron chi connectivity index (χ0n) is 9.90. The fourth-order valence-corrected chi connectivity index (χ4v) is 2.53. The highest BCUT2D eigenvalue weighted by Crippen LogP contribution is 2.26. The topological polar surface area (TPSA) is 24.9 Å². The van der Waals surface area contributed by atoms with E-state index < -0.39 is 0 Å². The van der Waals surface area contributed by atoms with Crippen molar-refractivity contribution >= 4 is 11.3 Å². The minimum absolute atomic E-state index is 0.153. The third-order valence-corrected chi connectivity index (χ3v) is 3.41. The van der Waals surface area contributed by atoms with Crippen LogP contribution in [0.25, 0.3) is 0 Å². The summed E-state index contributed by atoms with van der Waals surface area (Å²) >= 11 is 1.54. The second kappa shape index (κ2) is 5.38. The van der Waals surface area contributed by atoms with Crippen molar-refractivity contribution in [3.8, 4) is 0 Å². The van der Waals surface area contributed by atoms with Crippen LogP contribution in [0.2, 0.25) is 0 Å². The SMILES string of the molecule is CCNC(c1nccs1)c1cc(C)ccc1F. The highest BCUT2D eigenvalue weighted by molar-refractivity contribution is 7.09. The molecule has 0 spiro atoms. The van der Waals surface area contributed by atoms with E-state index in [4.69, 9.17) is 0 Å². The van der Waals surface area contributed by atoms with Gasteiger partial charge in [-0.1, -0.05) is 24.6 Å². The number of hydrogen-bond acceptors (Lipinski definition) is 3. The molecule has 0 bridgehead atoms. The molecule has 1 heterocycles. The van der Waals surface area contributed by atoms with Crippen LogP contribution in [-0.2, 0) is 0 Å². The van der Waals surface area contributed by atoms with Gasteiger partial charge in [-0.25, -0.2) is 9.37 Å². The number of nitrogens with zero attached hydrogens (tertiary/aromatic N) is 1. The Labute approximate surface area is 105 Å². The average molecular weight is 250 g/mol. The maximum atomic E-state index is 13.9. The normalized spacial score (nSPS) is 12.6. The van der Waals surface area contributed by atoms with Gasteiger partial charge in [0, 0.05) is 17.1 Å². The monoisotopic (exact) mass is 250 g/mol. The Morgan fingerprint density at radius 1 is 1.47 bits per heavy atom. The summed E-state index contributed by atoms with van der Waals surface area (Å²) in [6.45, 7) is 4.75. The predicted molar refractivity (Wildman–Crippen MR) is 68.8 cm³/mol. The zero-order chi connectivity index (χ0) is 12.3. The molecule has 0 aliphatic rings. The highest BCUT2D eigenvalue weighted by atomic mass is 32.1. The molecule has 17 heavy (non-hydrogen) atoms. The molecule has 1 N–H and O–H groups in total. The van der Waals surface area contributed by atoms with Crippen LogP contribution in [0, 0.1) is 12.7 Å². The Hall–Kier alpha value is -1.26. The lowest BCUT2D eigenvalue weighted by Gasteiger charge is -2.17. The van der Waals surface area contributed by atoms with Gasteiger partial charge in [0.15, 0.2) is 0 Å². The standard InChI is InChI=1S/C13H15FN2S/c1-3-15-12(13-16-6-7-17-13)10-8-9(2)4-5-11(10)14/h4-8,12,15H,3H2,1-2H3. The lowest BCUT2D eigenvalue weighted by molar-refractivity contribution is 0.557. The molecule has 1 atom stereocenters. The van der Waals surface area contributed by atoms with Gasteiger partial charge in [-0.15, -0.1) is 11.3 Å². The van der Waals surface area contributed by atoms with Crippen molar-refractivity contribution in [2.45, 2.75) is 19.9 Å². The van der Waals surface area contributed by atoms with E-state index in [-0.39, 0.29) is 11.9 Å². The molecule has 0 radical (unpaired) electrons. The molecule has 90 valence electrons. The first kappa shape index (κ1) is 12.2. The van der Waals surface area contributed by atoms with Crippen LogP contribution in [-0.4, -0.2) is 11.5 Å². The first-order chi connectivity index (χ1) is 8.22.